The Morgan fingerprint density at radius 2 is 2.29 bits per heavy atom. The van der Waals surface area contributed by atoms with Crippen molar-refractivity contribution in [1.82, 2.24) is 15.3 Å². The first-order chi connectivity index (χ1) is 8.13. The third-order valence-electron chi connectivity index (χ3n) is 2.00. The number of hydrogen-bond donors (Lipinski definition) is 3. The smallest absolute Gasteiger partial charge is 0.224 e. The van der Waals surface area contributed by atoms with E-state index in [1.165, 1.54) is 6.20 Å². The average Bonchev–Trinajstić information content (AvgIpc) is 2.31. The molecule has 1 aromatic rings. The maximum Gasteiger partial charge on any atom is 0.224 e. The van der Waals surface area contributed by atoms with Gasteiger partial charge in [0.15, 0.2) is 5.82 Å². The number of nitrogens with one attached hydrogen (secondary N) is 2. The predicted molar refractivity (Wildman–Crippen MR) is 67.9 cm³/mol. The number of carbonyl (C=O) groups is 1. The molecular formula is C10H16ClN5O. The van der Waals surface area contributed by atoms with E-state index in [1.807, 2.05) is 6.92 Å². The van der Waals surface area contributed by atoms with Crippen LogP contribution < -0.4 is 16.4 Å². The predicted octanol–water partition coefficient (Wildman–Crippen LogP) is 1.04. The van der Waals surface area contributed by atoms with Crippen LogP contribution in [0.4, 0.5) is 11.5 Å². The number of carbonyl (C=O) groups excluding carboxylic acids is 1. The van der Waals surface area contributed by atoms with E-state index < -0.39 is 0 Å². The third kappa shape index (κ3) is 4.86. The molecule has 7 heteroatoms. The van der Waals surface area contributed by atoms with Crippen LogP contribution >= 0.6 is 11.6 Å². The number of halogens is 1. The van der Waals surface area contributed by atoms with Gasteiger partial charge in [0.05, 0.1) is 11.9 Å². The van der Waals surface area contributed by atoms with Gasteiger partial charge >= 0.3 is 0 Å². The van der Waals surface area contributed by atoms with Gasteiger partial charge in [0.25, 0.3) is 0 Å². The Bertz CT molecular complexity index is 385. The summed E-state index contributed by atoms with van der Waals surface area (Å²) in [5.41, 5.74) is 6.05. The average molecular weight is 258 g/mol. The lowest BCUT2D eigenvalue weighted by Crippen LogP contribution is -2.26. The SMILES string of the molecule is CCCNC(=O)CCNc1nc(Cl)ncc1N. The Balaban J connectivity index is 2.35. The van der Waals surface area contributed by atoms with E-state index >= 15 is 0 Å². The highest BCUT2D eigenvalue weighted by molar-refractivity contribution is 6.28. The van der Waals surface area contributed by atoms with E-state index in [1.54, 1.807) is 0 Å². The molecule has 0 saturated carbocycles. The van der Waals surface area contributed by atoms with Crippen molar-refractivity contribution >= 4 is 29.0 Å². The molecule has 0 fully saturated rings. The van der Waals surface area contributed by atoms with Crippen LogP contribution in [0, 0.1) is 0 Å². The fourth-order valence-corrected chi connectivity index (χ4v) is 1.29. The van der Waals surface area contributed by atoms with Crippen LogP contribution in [0.25, 0.3) is 0 Å². The molecule has 4 N–H and O–H groups in total. The maximum atomic E-state index is 11.3. The molecule has 1 heterocycles. The number of anilines is 2. The molecular weight excluding hydrogens is 242 g/mol. The number of rotatable bonds is 6. The molecule has 0 bridgehead atoms. The van der Waals surface area contributed by atoms with Gasteiger partial charge in [0, 0.05) is 19.5 Å². The molecule has 6 nitrogen and oxygen atoms in total. The molecule has 0 aliphatic rings. The monoisotopic (exact) mass is 257 g/mol. The number of nitrogen functional groups attached to an aromatic ring is 1. The highest BCUT2D eigenvalue weighted by Gasteiger charge is 2.04. The molecule has 0 atom stereocenters. The molecule has 0 aliphatic heterocycles. The zero-order valence-corrected chi connectivity index (χ0v) is 10.4. The second-order valence-corrected chi connectivity index (χ2v) is 3.81. The molecule has 1 rings (SSSR count). The first kappa shape index (κ1) is 13.5. The number of amides is 1. The Labute approximate surface area is 105 Å². The van der Waals surface area contributed by atoms with Gasteiger partial charge in [-0.1, -0.05) is 6.92 Å². The van der Waals surface area contributed by atoms with E-state index in [-0.39, 0.29) is 11.2 Å². The van der Waals surface area contributed by atoms with Gasteiger partial charge in [-0.05, 0) is 18.0 Å². The van der Waals surface area contributed by atoms with E-state index in [0.29, 0.717) is 31.0 Å². The van der Waals surface area contributed by atoms with Crippen LogP contribution in [0.3, 0.4) is 0 Å². The Hall–Kier alpha value is -1.56. The summed E-state index contributed by atoms with van der Waals surface area (Å²) in [5.74, 6) is 0.450. The van der Waals surface area contributed by atoms with Gasteiger partial charge in [0.2, 0.25) is 11.2 Å². The van der Waals surface area contributed by atoms with Crippen LogP contribution in [0.15, 0.2) is 6.20 Å². The van der Waals surface area contributed by atoms with Crippen LogP contribution in [-0.2, 0) is 4.79 Å². The van der Waals surface area contributed by atoms with Crippen LogP contribution in [0.2, 0.25) is 5.28 Å². The lowest BCUT2D eigenvalue weighted by molar-refractivity contribution is -0.120. The van der Waals surface area contributed by atoms with Crippen LogP contribution in [0.1, 0.15) is 19.8 Å². The van der Waals surface area contributed by atoms with Crippen molar-refractivity contribution < 1.29 is 4.79 Å². The Morgan fingerprint density at radius 3 is 3.00 bits per heavy atom. The summed E-state index contributed by atoms with van der Waals surface area (Å²) in [6, 6.07) is 0. The summed E-state index contributed by atoms with van der Waals surface area (Å²) in [5, 5.41) is 5.84. The van der Waals surface area contributed by atoms with E-state index in [0.717, 1.165) is 6.42 Å². The Morgan fingerprint density at radius 1 is 1.53 bits per heavy atom. The van der Waals surface area contributed by atoms with Crippen molar-refractivity contribution in [3.63, 3.8) is 0 Å². The zero-order chi connectivity index (χ0) is 12.7. The highest BCUT2D eigenvalue weighted by Crippen LogP contribution is 2.15. The topological polar surface area (TPSA) is 92.9 Å². The van der Waals surface area contributed by atoms with Crippen LogP contribution in [0.5, 0.6) is 0 Å². The molecule has 0 spiro atoms. The number of aromatic nitrogens is 2. The van der Waals surface area contributed by atoms with Crippen molar-refractivity contribution in [3.8, 4) is 0 Å². The number of nitrogens with two attached hydrogens (primary N) is 1. The fraction of sp³-hybridized carbons (Fsp3) is 0.500. The lowest BCUT2D eigenvalue weighted by atomic mass is 10.3. The summed E-state index contributed by atoms with van der Waals surface area (Å²) in [4.78, 5) is 19.0. The molecule has 1 aromatic heterocycles. The highest BCUT2D eigenvalue weighted by atomic mass is 35.5. The van der Waals surface area contributed by atoms with Crippen molar-refractivity contribution in [1.29, 1.82) is 0 Å². The molecule has 0 aromatic carbocycles. The van der Waals surface area contributed by atoms with E-state index in [9.17, 15) is 4.79 Å². The Kier molecular flexibility index (Phi) is 5.48. The minimum Gasteiger partial charge on any atom is -0.394 e. The fourth-order valence-electron chi connectivity index (χ4n) is 1.16. The quantitative estimate of drug-likeness (QED) is 0.662. The molecule has 17 heavy (non-hydrogen) atoms. The van der Waals surface area contributed by atoms with Gasteiger partial charge in [-0.2, -0.15) is 4.98 Å². The second-order valence-electron chi connectivity index (χ2n) is 3.47. The van der Waals surface area contributed by atoms with Gasteiger partial charge in [0.1, 0.15) is 0 Å². The normalized spacial score (nSPS) is 10.0. The summed E-state index contributed by atoms with van der Waals surface area (Å²) in [7, 11) is 0. The van der Waals surface area contributed by atoms with Crippen molar-refractivity contribution in [3.05, 3.63) is 11.5 Å². The molecule has 94 valence electrons. The van der Waals surface area contributed by atoms with Gasteiger partial charge in [-0.3, -0.25) is 4.79 Å². The first-order valence-corrected chi connectivity index (χ1v) is 5.80. The van der Waals surface area contributed by atoms with Gasteiger partial charge in [-0.15, -0.1) is 0 Å². The summed E-state index contributed by atoms with van der Waals surface area (Å²) in [6.07, 6.45) is 2.71. The standard InChI is InChI=1S/C10H16ClN5O/c1-2-4-13-8(17)3-5-14-9-7(12)6-15-10(11)16-9/h6H,2-5,12H2,1H3,(H,13,17)(H,14,15,16). The van der Waals surface area contributed by atoms with Crippen molar-refractivity contribution in [2.45, 2.75) is 19.8 Å². The number of hydrogen-bond acceptors (Lipinski definition) is 5. The minimum absolute atomic E-state index is 0.00178. The number of nitrogens with zero attached hydrogens (tertiary/aromatic N) is 2. The minimum atomic E-state index is -0.00178. The summed E-state index contributed by atoms with van der Waals surface area (Å²) < 4.78 is 0. The molecule has 0 aliphatic carbocycles. The molecule has 0 radical (unpaired) electrons. The zero-order valence-electron chi connectivity index (χ0n) is 9.66. The van der Waals surface area contributed by atoms with Crippen LogP contribution in [-0.4, -0.2) is 29.0 Å². The third-order valence-corrected chi connectivity index (χ3v) is 2.19. The van der Waals surface area contributed by atoms with E-state index in [4.69, 9.17) is 17.3 Å². The first-order valence-electron chi connectivity index (χ1n) is 5.42. The second kappa shape index (κ2) is 6.90. The molecule has 1 amide bonds. The maximum absolute atomic E-state index is 11.3. The largest absolute Gasteiger partial charge is 0.394 e. The van der Waals surface area contributed by atoms with Crippen molar-refractivity contribution in [2.75, 3.05) is 24.1 Å². The summed E-state index contributed by atoms with van der Waals surface area (Å²) >= 11 is 5.63. The molecule has 0 saturated heterocycles. The van der Waals surface area contributed by atoms with Crippen molar-refractivity contribution in [2.24, 2.45) is 0 Å². The summed E-state index contributed by atoms with van der Waals surface area (Å²) in [6.45, 7) is 3.15. The molecule has 0 unspecified atom stereocenters. The lowest BCUT2D eigenvalue weighted by Gasteiger charge is -2.08. The van der Waals surface area contributed by atoms with E-state index in [2.05, 4.69) is 20.6 Å². The van der Waals surface area contributed by atoms with Gasteiger partial charge < -0.3 is 16.4 Å². The van der Waals surface area contributed by atoms with Gasteiger partial charge in [-0.25, -0.2) is 4.98 Å².